The summed E-state index contributed by atoms with van der Waals surface area (Å²) in [6.45, 7) is 0. The first-order chi connectivity index (χ1) is 22.8. The second-order valence-electron chi connectivity index (χ2n) is 11.6. The Morgan fingerprint density at radius 3 is 1.89 bits per heavy atom. The van der Waals surface area contributed by atoms with Gasteiger partial charge in [0.15, 0.2) is 17.5 Å². The van der Waals surface area contributed by atoms with Gasteiger partial charge in [0.05, 0.1) is 0 Å². The molecule has 0 unspecified atom stereocenters. The molecule has 0 saturated carbocycles. The Morgan fingerprint density at radius 2 is 1.02 bits per heavy atom. The molecule has 0 aliphatic carbocycles. The fraction of sp³-hybridized carbons (Fsp3) is 0. The summed E-state index contributed by atoms with van der Waals surface area (Å²) < 4.78 is 5.17. The molecular weight excluding hydrogens is 599 g/mol. The van der Waals surface area contributed by atoms with E-state index in [1.165, 1.54) is 56.5 Å². The number of hydrogen-bond acceptors (Lipinski definition) is 5. The first kappa shape index (κ1) is 25.8. The van der Waals surface area contributed by atoms with Gasteiger partial charge in [-0.3, -0.25) is 0 Å². The van der Waals surface area contributed by atoms with Crippen LogP contribution in [0.5, 0.6) is 0 Å². The Kier molecular flexibility index (Phi) is 5.61. The van der Waals surface area contributed by atoms with E-state index in [0.29, 0.717) is 17.5 Å². The lowest BCUT2D eigenvalue weighted by Gasteiger charge is -2.10. The van der Waals surface area contributed by atoms with Crippen LogP contribution in [0.4, 0.5) is 0 Å². The minimum absolute atomic E-state index is 0.669. The third kappa shape index (κ3) is 3.86. The summed E-state index contributed by atoms with van der Waals surface area (Å²) in [5.41, 5.74) is 2.97. The third-order valence-electron chi connectivity index (χ3n) is 8.89. The van der Waals surface area contributed by atoms with E-state index in [1.807, 2.05) is 40.9 Å². The quantitative estimate of drug-likeness (QED) is 0.197. The number of rotatable bonds is 3. The second kappa shape index (κ2) is 10.0. The predicted molar refractivity (Wildman–Crippen MR) is 197 cm³/mol. The molecule has 46 heavy (non-hydrogen) atoms. The van der Waals surface area contributed by atoms with Gasteiger partial charge in [-0.05, 0) is 34.4 Å². The lowest BCUT2D eigenvalue weighted by molar-refractivity contribution is 1.08. The summed E-state index contributed by atoms with van der Waals surface area (Å²) in [6, 6.07) is 49.3. The molecule has 0 fully saturated rings. The van der Waals surface area contributed by atoms with Crippen molar-refractivity contribution in [2.75, 3.05) is 0 Å². The van der Waals surface area contributed by atoms with Crippen LogP contribution < -0.4 is 0 Å². The van der Waals surface area contributed by atoms with E-state index in [1.54, 1.807) is 0 Å². The summed E-state index contributed by atoms with van der Waals surface area (Å²) in [5, 5.41) is 10.1. The highest BCUT2D eigenvalue weighted by molar-refractivity contribution is 7.30. The number of benzene rings is 7. The van der Waals surface area contributed by atoms with Gasteiger partial charge in [-0.15, -0.1) is 22.7 Å². The van der Waals surface area contributed by atoms with Crippen LogP contribution in [-0.4, -0.2) is 15.0 Å². The smallest absolute Gasteiger partial charge is 0.164 e. The van der Waals surface area contributed by atoms with Crippen molar-refractivity contribution in [3.05, 3.63) is 140 Å². The normalized spacial score (nSPS) is 11.9. The van der Waals surface area contributed by atoms with Gasteiger partial charge in [0.1, 0.15) is 0 Å². The zero-order valence-electron chi connectivity index (χ0n) is 24.4. The molecule has 10 rings (SSSR count). The van der Waals surface area contributed by atoms with Crippen LogP contribution >= 0.6 is 22.7 Å². The van der Waals surface area contributed by atoms with Gasteiger partial charge in [0.2, 0.25) is 0 Å². The molecule has 7 aromatic carbocycles. The van der Waals surface area contributed by atoms with Gasteiger partial charge in [-0.1, -0.05) is 121 Å². The van der Waals surface area contributed by atoms with Crippen LogP contribution in [0, 0.1) is 0 Å². The Labute approximate surface area is 272 Å². The van der Waals surface area contributed by atoms with Crippen LogP contribution in [-0.2, 0) is 0 Å². The molecular formula is C41H23N3S2. The van der Waals surface area contributed by atoms with E-state index in [-0.39, 0.29) is 0 Å². The molecule has 3 heterocycles. The molecule has 0 N–H and O–H groups in total. The van der Waals surface area contributed by atoms with Crippen LogP contribution in [0.2, 0.25) is 0 Å². The molecule has 10 aromatic rings. The third-order valence-corrected chi connectivity index (χ3v) is 11.3. The van der Waals surface area contributed by atoms with Gasteiger partial charge in [0.25, 0.3) is 0 Å². The summed E-state index contributed by atoms with van der Waals surface area (Å²) >= 11 is 3.75. The Balaban J connectivity index is 1.32. The maximum absolute atomic E-state index is 5.21. The summed E-state index contributed by atoms with van der Waals surface area (Å²) in [4.78, 5) is 15.4. The first-order valence-electron chi connectivity index (χ1n) is 15.3. The molecule has 0 radical (unpaired) electrons. The molecule has 0 spiro atoms. The molecule has 3 aromatic heterocycles. The first-order valence-corrected chi connectivity index (χ1v) is 16.9. The number of hydrogen-bond donors (Lipinski definition) is 0. The Hall–Kier alpha value is -5.49. The fourth-order valence-electron chi connectivity index (χ4n) is 6.80. The second-order valence-corrected chi connectivity index (χ2v) is 13.7. The van der Waals surface area contributed by atoms with E-state index >= 15 is 0 Å². The van der Waals surface area contributed by atoms with Crippen molar-refractivity contribution in [2.24, 2.45) is 0 Å². The van der Waals surface area contributed by atoms with E-state index < -0.39 is 0 Å². The van der Waals surface area contributed by atoms with Crippen molar-refractivity contribution in [2.45, 2.75) is 0 Å². The van der Waals surface area contributed by atoms with Crippen molar-refractivity contribution >= 4 is 84.6 Å². The molecule has 0 aliphatic heterocycles. The average molecular weight is 622 g/mol. The minimum Gasteiger partial charge on any atom is -0.208 e. The van der Waals surface area contributed by atoms with E-state index in [2.05, 4.69) is 121 Å². The van der Waals surface area contributed by atoms with Crippen molar-refractivity contribution in [3.8, 4) is 34.2 Å². The van der Waals surface area contributed by atoms with Gasteiger partial charge in [-0.2, -0.15) is 0 Å². The SMILES string of the molecule is c1ccc(-c2nc(-c3ccc4ccccc4c3)nc(-c3cccc4sc5c6ccccc6c6c7ccccc7sc6c5c34)n2)cc1. The van der Waals surface area contributed by atoms with Crippen molar-refractivity contribution < 1.29 is 0 Å². The summed E-state index contributed by atoms with van der Waals surface area (Å²) in [5.74, 6) is 2.02. The molecule has 3 nitrogen and oxygen atoms in total. The highest BCUT2D eigenvalue weighted by Crippen LogP contribution is 2.50. The van der Waals surface area contributed by atoms with Gasteiger partial charge < -0.3 is 0 Å². The van der Waals surface area contributed by atoms with Gasteiger partial charge in [0, 0.05) is 62.4 Å². The maximum Gasteiger partial charge on any atom is 0.164 e. The zero-order chi connectivity index (χ0) is 30.2. The van der Waals surface area contributed by atoms with Crippen LogP contribution in [0.15, 0.2) is 140 Å². The monoisotopic (exact) mass is 621 g/mol. The molecule has 214 valence electrons. The number of aromatic nitrogens is 3. The van der Waals surface area contributed by atoms with Crippen molar-refractivity contribution in [1.82, 2.24) is 15.0 Å². The van der Waals surface area contributed by atoms with Gasteiger partial charge >= 0.3 is 0 Å². The molecule has 0 atom stereocenters. The van der Waals surface area contributed by atoms with E-state index in [4.69, 9.17) is 15.0 Å². The van der Waals surface area contributed by atoms with Crippen LogP contribution in [0.1, 0.15) is 0 Å². The molecule has 5 heteroatoms. The van der Waals surface area contributed by atoms with Crippen LogP contribution in [0.25, 0.3) is 96.1 Å². The highest BCUT2D eigenvalue weighted by Gasteiger charge is 2.22. The maximum atomic E-state index is 5.21. The molecule has 0 saturated heterocycles. The van der Waals surface area contributed by atoms with Gasteiger partial charge in [-0.25, -0.2) is 15.0 Å². The lowest BCUT2D eigenvalue weighted by atomic mass is 9.98. The topological polar surface area (TPSA) is 38.7 Å². The summed E-state index contributed by atoms with van der Waals surface area (Å²) in [7, 11) is 0. The lowest BCUT2D eigenvalue weighted by Crippen LogP contribution is -2.00. The molecule has 0 amide bonds. The minimum atomic E-state index is 0.669. The Morgan fingerprint density at radius 1 is 0.370 bits per heavy atom. The molecule has 0 bridgehead atoms. The number of fused-ring (bicyclic) bond motifs is 11. The standard InChI is InChI=1S/C41H23N3S2/c1-2-12-25(13-3-1)39-42-40(27-22-21-24-11-4-5-14-26(24)23-27)44-41(43-39)31-18-10-20-33-35(31)36-37(46-33)29-16-7-6-15-28(29)34-30-17-8-9-19-32(30)45-38(34)36/h1-23H. The highest BCUT2D eigenvalue weighted by atomic mass is 32.1. The van der Waals surface area contributed by atoms with Crippen LogP contribution in [0.3, 0.4) is 0 Å². The number of thiophene rings is 2. The zero-order valence-corrected chi connectivity index (χ0v) is 26.1. The number of nitrogens with zero attached hydrogens (tertiary/aromatic N) is 3. The van der Waals surface area contributed by atoms with Crippen molar-refractivity contribution in [1.29, 1.82) is 0 Å². The van der Waals surface area contributed by atoms with E-state index in [0.717, 1.165) is 22.1 Å². The largest absolute Gasteiger partial charge is 0.208 e. The fourth-order valence-corrected chi connectivity index (χ4v) is 9.41. The predicted octanol–water partition coefficient (Wildman–Crippen LogP) is 11.9. The van der Waals surface area contributed by atoms with E-state index in [9.17, 15) is 0 Å². The Bertz CT molecular complexity index is 2810. The van der Waals surface area contributed by atoms with Crippen molar-refractivity contribution in [3.63, 3.8) is 0 Å². The average Bonchev–Trinajstić information content (AvgIpc) is 3.71. The molecule has 0 aliphatic rings. The summed E-state index contributed by atoms with van der Waals surface area (Å²) in [6.07, 6.45) is 0.